The van der Waals surface area contributed by atoms with Crippen molar-refractivity contribution >= 4 is 17.5 Å². The lowest BCUT2D eigenvalue weighted by Gasteiger charge is -2.26. The fraction of sp³-hybridized carbons (Fsp3) is 0.800. The third-order valence-electron chi connectivity index (χ3n) is 4.76. The maximum Gasteiger partial charge on any atom is 0.283 e. The molecule has 0 radical (unpaired) electrons. The lowest BCUT2D eigenvalue weighted by Crippen LogP contribution is -2.44. The zero-order valence-corrected chi connectivity index (χ0v) is 18.7. The smallest absolute Gasteiger partial charge is 0.283 e. The van der Waals surface area contributed by atoms with E-state index in [1.165, 1.54) is 0 Å². The van der Waals surface area contributed by atoms with Gasteiger partial charge in [0, 0.05) is 12.6 Å². The number of unbranched alkanes of at least 4 members (excludes halogenated alkanes) is 4. The number of halogens is 5. The number of aromatic nitrogens is 2. The molecule has 0 aromatic carbocycles. The largest absolute Gasteiger partial charge is 0.351 e. The van der Waals surface area contributed by atoms with E-state index in [1.807, 2.05) is 6.92 Å². The van der Waals surface area contributed by atoms with Crippen molar-refractivity contribution in [2.45, 2.75) is 84.7 Å². The number of hydrogen-bond donors (Lipinski definition) is 1. The van der Waals surface area contributed by atoms with E-state index in [0.717, 1.165) is 51.6 Å². The number of hydrogen-bond acceptors (Lipinski definition) is 3. The third-order valence-corrected chi connectivity index (χ3v) is 5.15. The predicted octanol–water partition coefficient (Wildman–Crippen LogP) is 5.60. The van der Waals surface area contributed by atoms with Crippen LogP contribution in [0.4, 0.5) is 17.6 Å². The Labute approximate surface area is 181 Å². The molecule has 1 aromatic heterocycles. The van der Waals surface area contributed by atoms with Crippen LogP contribution in [0.1, 0.15) is 83.5 Å². The Morgan fingerprint density at radius 1 is 1.07 bits per heavy atom. The molecule has 0 saturated carbocycles. The number of alkyl halides is 4. The maximum atomic E-state index is 13.2. The lowest BCUT2D eigenvalue weighted by molar-refractivity contribution is -0.122. The van der Waals surface area contributed by atoms with Crippen molar-refractivity contribution in [1.29, 1.82) is 0 Å². The lowest BCUT2D eigenvalue weighted by atomic mass is 10.2. The molecule has 1 atom stereocenters. The summed E-state index contributed by atoms with van der Waals surface area (Å²) in [5, 5.41) is 5.38. The van der Waals surface area contributed by atoms with Gasteiger partial charge in [0.25, 0.3) is 12.9 Å². The Balaban J connectivity index is 2.70. The molecule has 0 spiro atoms. The first-order chi connectivity index (χ1) is 14.2. The van der Waals surface area contributed by atoms with Crippen LogP contribution in [-0.2, 0) is 11.3 Å². The Hall–Kier alpha value is -1.35. The SMILES string of the molecule is CCCCCN(CCCCC)CC(C)NC(=O)Cn1nc(C(F)F)c(Cl)c1C(F)F. The number of carbonyl (C=O) groups excluding carboxylic acids is 1. The van der Waals surface area contributed by atoms with Gasteiger partial charge in [-0.05, 0) is 32.9 Å². The van der Waals surface area contributed by atoms with E-state index >= 15 is 0 Å². The maximum absolute atomic E-state index is 13.2. The van der Waals surface area contributed by atoms with Crippen LogP contribution in [0.2, 0.25) is 5.02 Å². The first-order valence-corrected chi connectivity index (χ1v) is 10.9. The molecule has 0 fully saturated rings. The zero-order valence-electron chi connectivity index (χ0n) is 17.9. The molecule has 1 aromatic rings. The highest BCUT2D eigenvalue weighted by atomic mass is 35.5. The van der Waals surface area contributed by atoms with Gasteiger partial charge in [-0.3, -0.25) is 9.48 Å². The molecule has 0 aliphatic rings. The van der Waals surface area contributed by atoms with Gasteiger partial charge >= 0.3 is 0 Å². The molecule has 10 heteroatoms. The van der Waals surface area contributed by atoms with Gasteiger partial charge in [-0.15, -0.1) is 0 Å². The van der Waals surface area contributed by atoms with E-state index in [4.69, 9.17) is 11.6 Å². The van der Waals surface area contributed by atoms with E-state index in [1.54, 1.807) is 0 Å². The van der Waals surface area contributed by atoms with Gasteiger partial charge in [0.1, 0.15) is 17.9 Å². The summed E-state index contributed by atoms with van der Waals surface area (Å²) in [5.41, 5.74) is -1.80. The van der Waals surface area contributed by atoms with Crippen molar-refractivity contribution in [3.05, 3.63) is 16.4 Å². The molecule has 0 aliphatic carbocycles. The minimum atomic E-state index is -3.12. The normalized spacial score (nSPS) is 12.9. The van der Waals surface area contributed by atoms with E-state index in [0.29, 0.717) is 11.2 Å². The average Bonchev–Trinajstić information content (AvgIpc) is 2.97. The highest BCUT2D eigenvalue weighted by molar-refractivity contribution is 6.32. The van der Waals surface area contributed by atoms with Crippen LogP contribution in [0.3, 0.4) is 0 Å². The van der Waals surface area contributed by atoms with Crippen molar-refractivity contribution < 1.29 is 22.4 Å². The first kappa shape index (κ1) is 26.7. The molecular formula is C20H33ClF4N4O. The molecular weight excluding hydrogens is 424 g/mol. The van der Waals surface area contributed by atoms with Crippen LogP contribution in [0.15, 0.2) is 0 Å². The van der Waals surface area contributed by atoms with Crippen molar-refractivity contribution in [1.82, 2.24) is 20.0 Å². The molecule has 1 amide bonds. The second-order valence-electron chi connectivity index (χ2n) is 7.53. The van der Waals surface area contributed by atoms with Crippen molar-refractivity contribution in [3.63, 3.8) is 0 Å². The second kappa shape index (κ2) is 13.9. The number of rotatable bonds is 15. The Morgan fingerprint density at radius 2 is 1.63 bits per heavy atom. The van der Waals surface area contributed by atoms with Crippen LogP contribution in [0.5, 0.6) is 0 Å². The summed E-state index contributed by atoms with van der Waals surface area (Å²) < 4.78 is 52.8. The summed E-state index contributed by atoms with van der Waals surface area (Å²) in [4.78, 5) is 14.6. The van der Waals surface area contributed by atoms with E-state index in [9.17, 15) is 22.4 Å². The number of nitrogens with one attached hydrogen (secondary N) is 1. The van der Waals surface area contributed by atoms with Crippen LogP contribution in [0.25, 0.3) is 0 Å². The number of nitrogens with zero attached hydrogens (tertiary/aromatic N) is 3. The van der Waals surface area contributed by atoms with Gasteiger partial charge in [-0.2, -0.15) is 5.10 Å². The summed E-state index contributed by atoms with van der Waals surface area (Å²) in [6.07, 6.45) is 0.436. The first-order valence-electron chi connectivity index (χ1n) is 10.5. The second-order valence-corrected chi connectivity index (χ2v) is 7.90. The van der Waals surface area contributed by atoms with E-state index in [-0.39, 0.29) is 6.04 Å². The van der Waals surface area contributed by atoms with Crippen molar-refractivity contribution in [3.8, 4) is 0 Å². The van der Waals surface area contributed by atoms with Gasteiger partial charge < -0.3 is 10.2 Å². The van der Waals surface area contributed by atoms with E-state index < -0.39 is 41.7 Å². The Bertz CT molecular complexity index is 633. The standard InChI is InChI=1S/C20H33ClF4N4O/c1-4-6-8-10-28(11-9-7-5-2)12-14(3)26-15(30)13-29-18(20(24)25)16(21)17(27-29)19(22)23/h14,19-20H,4-13H2,1-3H3,(H,26,30). The summed E-state index contributed by atoms with van der Waals surface area (Å²) in [6, 6.07) is -0.226. The molecule has 30 heavy (non-hydrogen) atoms. The van der Waals surface area contributed by atoms with Gasteiger partial charge in [0.05, 0.1) is 5.02 Å². The molecule has 1 rings (SSSR count). The van der Waals surface area contributed by atoms with Gasteiger partial charge in [-0.25, -0.2) is 17.6 Å². The van der Waals surface area contributed by atoms with Crippen molar-refractivity contribution in [2.24, 2.45) is 0 Å². The zero-order chi connectivity index (χ0) is 22.7. The molecule has 1 unspecified atom stereocenters. The minimum absolute atomic E-state index is 0.226. The average molecular weight is 457 g/mol. The van der Waals surface area contributed by atoms with Crippen molar-refractivity contribution in [2.75, 3.05) is 19.6 Å². The Morgan fingerprint density at radius 3 is 2.10 bits per heavy atom. The molecule has 174 valence electrons. The topological polar surface area (TPSA) is 50.2 Å². The van der Waals surface area contributed by atoms with Gasteiger partial charge in [-0.1, -0.05) is 51.1 Å². The van der Waals surface area contributed by atoms with Gasteiger partial charge in [0.2, 0.25) is 5.91 Å². The van der Waals surface area contributed by atoms with Crippen LogP contribution in [-0.4, -0.2) is 46.3 Å². The minimum Gasteiger partial charge on any atom is -0.351 e. The molecule has 1 heterocycles. The fourth-order valence-corrected chi connectivity index (χ4v) is 3.60. The highest BCUT2D eigenvalue weighted by Gasteiger charge is 2.28. The summed E-state index contributed by atoms with van der Waals surface area (Å²) >= 11 is 5.62. The summed E-state index contributed by atoms with van der Waals surface area (Å²) in [5.74, 6) is -0.577. The third kappa shape index (κ3) is 8.79. The Kier molecular flexibility index (Phi) is 12.3. The highest BCUT2D eigenvalue weighted by Crippen LogP contribution is 2.34. The summed E-state index contributed by atoms with van der Waals surface area (Å²) in [6.45, 7) is 8.00. The molecule has 1 N–H and O–H groups in total. The predicted molar refractivity (Wildman–Crippen MR) is 110 cm³/mol. The number of amides is 1. The molecule has 0 bridgehead atoms. The molecule has 0 saturated heterocycles. The van der Waals surface area contributed by atoms with Crippen LogP contribution in [0, 0.1) is 0 Å². The fourth-order valence-electron chi connectivity index (χ4n) is 3.30. The summed E-state index contributed by atoms with van der Waals surface area (Å²) in [7, 11) is 0. The van der Waals surface area contributed by atoms with Crippen LogP contribution < -0.4 is 5.32 Å². The number of carbonyl (C=O) groups is 1. The molecule has 5 nitrogen and oxygen atoms in total. The van der Waals surface area contributed by atoms with Crippen LogP contribution >= 0.6 is 11.6 Å². The quantitative estimate of drug-likeness (QED) is 0.276. The van der Waals surface area contributed by atoms with E-state index in [2.05, 4.69) is 29.2 Å². The van der Waals surface area contributed by atoms with Gasteiger partial charge in [0.15, 0.2) is 0 Å². The molecule has 0 aliphatic heterocycles. The monoisotopic (exact) mass is 456 g/mol.